The Morgan fingerprint density at radius 2 is 1.74 bits per heavy atom. The molecule has 0 bridgehead atoms. The lowest BCUT2D eigenvalue weighted by Gasteiger charge is -2.34. The molecule has 6 rings (SSSR count). The normalized spacial score (nSPS) is 17.5. The number of hydrogen-bond donors (Lipinski definition) is 3. The lowest BCUT2D eigenvalue weighted by Crippen LogP contribution is -2.44. The molecule has 4 aromatic rings. The molecule has 2 fully saturated rings. The van der Waals surface area contributed by atoms with E-state index >= 15 is 4.39 Å². The lowest BCUT2D eigenvalue weighted by atomic mass is 10.1. The molecule has 4 N–H and O–H groups in total. The van der Waals surface area contributed by atoms with Crippen LogP contribution in [-0.4, -0.2) is 79.4 Å². The lowest BCUT2D eigenvalue weighted by molar-refractivity contribution is 0.122. The molecule has 2 aromatic carbocycles. The maximum absolute atomic E-state index is 15.1. The Kier molecular flexibility index (Phi) is 5.34. The quantitative estimate of drug-likeness (QED) is 0.416. The molecule has 9 nitrogen and oxygen atoms in total. The van der Waals surface area contributed by atoms with E-state index in [4.69, 9.17) is 10.5 Å². The van der Waals surface area contributed by atoms with Gasteiger partial charge in [-0.05, 0) is 37.4 Å². The number of halogens is 1. The number of hydrogen-bond acceptors (Lipinski definition) is 7. The third-order valence-corrected chi connectivity index (χ3v) is 7.05. The summed E-state index contributed by atoms with van der Waals surface area (Å²) in [6.07, 6.45) is 0. The summed E-state index contributed by atoms with van der Waals surface area (Å²) in [6, 6.07) is 9.10. The molecule has 2 aliphatic rings. The number of imidazole rings is 1. The van der Waals surface area contributed by atoms with Crippen LogP contribution in [0.5, 0.6) is 0 Å². The number of morpholine rings is 1. The van der Waals surface area contributed by atoms with Crippen LogP contribution in [0.4, 0.5) is 21.5 Å². The summed E-state index contributed by atoms with van der Waals surface area (Å²) in [5.74, 6) is -0.0145. The standard InChI is InChI=1S/C25H28FN7O2/c1-31-4-6-32(7-5-31)15-2-3-18-20(12-15)29-24(28-18)22-23(27)16-13-17(26)21(14-19(16)30-25(22)34)33-8-10-35-11-9-33/h2-3,12-14H,4-11H2,1H3,(H,28,29)(H3,27,30,34). The fourth-order valence-corrected chi connectivity index (χ4v) is 4.99. The Bertz CT molecular complexity index is 1470. The average molecular weight is 478 g/mol. The second kappa shape index (κ2) is 8.54. The number of H-pyrrole nitrogens is 2. The number of benzene rings is 2. The number of rotatable bonds is 3. The zero-order chi connectivity index (χ0) is 24.1. The summed E-state index contributed by atoms with van der Waals surface area (Å²) >= 11 is 0. The Hall–Kier alpha value is -3.63. The van der Waals surface area contributed by atoms with Crippen LogP contribution in [0.15, 0.2) is 35.1 Å². The second-order valence-electron chi connectivity index (χ2n) is 9.27. The summed E-state index contributed by atoms with van der Waals surface area (Å²) < 4.78 is 20.4. The fraction of sp³-hybridized carbons (Fsp3) is 0.360. The highest BCUT2D eigenvalue weighted by atomic mass is 19.1. The van der Waals surface area contributed by atoms with Crippen LogP contribution in [-0.2, 0) is 4.74 Å². The Morgan fingerprint density at radius 3 is 2.51 bits per heavy atom. The topological polar surface area (TPSA) is 107 Å². The highest BCUT2D eigenvalue weighted by Crippen LogP contribution is 2.33. The Balaban J connectivity index is 1.39. The Morgan fingerprint density at radius 1 is 0.971 bits per heavy atom. The molecule has 2 saturated heterocycles. The van der Waals surface area contributed by atoms with Crippen LogP contribution in [0.1, 0.15) is 0 Å². The fourth-order valence-electron chi connectivity index (χ4n) is 4.99. The molecular formula is C25H28FN7O2. The first kappa shape index (κ1) is 21.9. The molecule has 2 aliphatic heterocycles. The van der Waals surface area contributed by atoms with Crippen molar-refractivity contribution >= 4 is 39.0 Å². The number of likely N-dealkylation sites (N-methyl/N-ethyl adjacent to an activating group) is 1. The number of nitrogens with zero attached hydrogens (tertiary/aromatic N) is 4. The molecule has 35 heavy (non-hydrogen) atoms. The minimum absolute atomic E-state index is 0.203. The first-order valence-electron chi connectivity index (χ1n) is 11.9. The van der Waals surface area contributed by atoms with Gasteiger partial charge in [0.25, 0.3) is 5.56 Å². The van der Waals surface area contributed by atoms with Gasteiger partial charge < -0.3 is 35.1 Å². The monoisotopic (exact) mass is 477 g/mol. The number of nitrogens with one attached hydrogen (secondary N) is 2. The molecule has 0 aliphatic carbocycles. The summed E-state index contributed by atoms with van der Waals surface area (Å²) in [4.78, 5) is 30.5. The van der Waals surface area contributed by atoms with E-state index in [2.05, 4.69) is 37.9 Å². The first-order chi connectivity index (χ1) is 17.0. The second-order valence-corrected chi connectivity index (χ2v) is 9.27. The van der Waals surface area contributed by atoms with Crippen LogP contribution in [0, 0.1) is 5.82 Å². The molecule has 0 unspecified atom stereocenters. The number of nitrogens with two attached hydrogens (primary N) is 1. The van der Waals surface area contributed by atoms with Gasteiger partial charge in [-0.1, -0.05) is 0 Å². The van der Waals surface area contributed by atoms with Gasteiger partial charge in [-0.3, -0.25) is 4.79 Å². The Labute approximate surface area is 201 Å². The van der Waals surface area contributed by atoms with E-state index in [9.17, 15) is 4.79 Å². The third kappa shape index (κ3) is 3.88. The van der Waals surface area contributed by atoms with Crippen molar-refractivity contribution in [2.75, 3.05) is 75.1 Å². The summed E-state index contributed by atoms with van der Waals surface area (Å²) in [6.45, 7) is 6.19. The molecule has 0 saturated carbocycles. The van der Waals surface area contributed by atoms with Crippen LogP contribution in [0.2, 0.25) is 0 Å². The van der Waals surface area contributed by atoms with Crippen LogP contribution >= 0.6 is 0 Å². The molecule has 4 heterocycles. The first-order valence-corrected chi connectivity index (χ1v) is 11.9. The maximum Gasteiger partial charge on any atom is 0.261 e. The van der Waals surface area contributed by atoms with Crippen molar-refractivity contribution in [3.63, 3.8) is 0 Å². The number of fused-ring (bicyclic) bond motifs is 2. The molecular weight excluding hydrogens is 449 g/mol. The number of aromatic nitrogens is 3. The van der Waals surface area contributed by atoms with Gasteiger partial charge in [0.2, 0.25) is 0 Å². The average Bonchev–Trinajstić information content (AvgIpc) is 3.28. The van der Waals surface area contributed by atoms with Crippen molar-refractivity contribution in [1.82, 2.24) is 19.9 Å². The number of aromatic amines is 2. The van der Waals surface area contributed by atoms with Gasteiger partial charge in [-0.2, -0.15) is 0 Å². The van der Waals surface area contributed by atoms with Crippen LogP contribution < -0.4 is 21.1 Å². The predicted molar refractivity (Wildman–Crippen MR) is 137 cm³/mol. The third-order valence-electron chi connectivity index (χ3n) is 7.05. The molecule has 0 amide bonds. The summed E-state index contributed by atoms with van der Waals surface area (Å²) in [5.41, 5.74) is 10.1. The number of nitrogen functional groups attached to an aromatic ring is 1. The molecule has 0 atom stereocenters. The highest BCUT2D eigenvalue weighted by Gasteiger charge is 2.21. The number of anilines is 3. The van der Waals surface area contributed by atoms with Gasteiger partial charge in [0.05, 0.1) is 41.1 Å². The zero-order valence-electron chi connectivity index (χ0n) is 19.6. The minimum Gasteiger partial charge on any atom is -0.397 e. The van der Waals surface area contributed by atoms with E-state index in [1.165, 1.54) is 6.07 Å². The van der Waals surface area contributed by atoms with Crippen molar-refractivity contribution in [1.29, 1.82) is 0 Å². The SMILES string of the molecule is CN1CCN(c2ccc3[nH]c(-c4c(N)c5cc(F)c(N6CCOCC6)cc5[nH]c4=O)nc3c2)CC1. The molecule has 182 valence electrons. The van der Waals surface area contributed by atoms with Gasteiger partial charge in [0.15, 0.2) is 0 Å². The van der Waals surface area contributed by atoms with Gasteiger partial charge in [0, 0.05) is 50.3 Å². The van der Waals surface area contributed by atoms with Gasteiger partial charge in [0.1, 0.15) is 17.2 Å². The van der Waals surface area contributed by atoms with E-state index < -0.39 is 0 Å². The van der Waals surface area contributed by atoms with Crippen molar-refractivity contribution < 1.29 is 9.13 Å². The zero-order valence-corrected chi connectivity index (χ0v) is 19.6. The molecule has 10 heteroatoms. The molecule has 2 aromatic heterocycles. The van der Waals surface area contributed by atoms with E-state index in [1.807, 2.05) is 17.0 Å². The molecule has 0 radical (unpaired) electrons. The van der Waals surface area contributed by atoms with E-state index in [0.717, 1.165) is 42.9 Å². The van der Waals surface area contributed by atoms with Crippen LogP contribution in [0.25, 0.3) is 33.3 Å². The highest BCUT2D eigenvalue weighted by molar-refractivity contribution is 5.99. The van der Waals surface area contributed by atoms with E-state index in [1.54, 1.807) is 6.07 Å². The molecule has 0 spiro atoms. The van der Waals surface area contributed by atoms with E-state index in [0.29, 0.717) is 48.7 Å². The van der Waals surface area contributed by atoms with Gasteiger partial charge in [-0.15, -0.1) is 0 Å². The van der Waals surface area contributed by atoms with Gasteiger partial charge >= 0.3 is 0 Å². The maximum atomic E-state index is 15.1. The largest absolute Gasteiger partial charge is 0.397 e. The number of pyridine rings is 1. The van der Waals surface area contributed by atoms with Crippen molar-refractivity contribution in [3.8, 4) is 11.4 Å². The number of piperazine rings is 1. The van der Waals surface area contributed by atoms with Crippen molar-refractivity contribution in [2.45, 2.75) is 0 Å². The van der Waals surface area contributed by atoms with Crippen molar-refractivity contribution in [2.24, 2.45) is 0 Å². The predicted octanol–water partition coefficient (Wildman–Crippen LogP) is 2.38. The number of ether oxygens (including phenoxy) is 1. The summed E-state index contributed by atoms with van der Waals surface area (Å²) in [5, 5.41) is 0.452. The summed E-state index contributed by atoms with van der Waals surface area (Å²) in [7, 11) is 2.13. The van der Waals surface area contributed by atoms with Crippen LogP contribution in [0.3, 0.4) is 0 Å². The van der Waals surface area contributed by atoms with Gasteiger partial charge in [-0.25, -0.2) is 9.37 Å². The van der Waals surface area contributed by atoms with Crippen molar-refractivity contribution in [3.05, 3.63) is 46.5 Å². The van der Waals surface area contributed by atoms with E-state index in [-0.39, 0.29) is 22.6 Å². The minimum atomic E-state index is -0.384. The smallest absolute Gasteiger partial charge is 0.261 e.